The average molecular weight is 411 g/mol. The van der Waals surface area contributed by atoms with Crippen LogP contribution in [-0.4, -0.2) is 54.8 Å². The second-order valence-electron chi connectivity index (χ2n) is 4.40. The Labute approximate surface area is 130 Å². The highest BCUT2D eigenvalue weighted by molar-refractivity contribution is 14.1. The Bertz CT molecular complexity index is 627. The number of carbonyl (C=O) groups is 1. The second kappa shape index (κ2) is 5.84. The quantitative estimate of drug-likeness (QED) is 0.667. The minimum Gasteiger partial charge on any atom is -0.507 e. The van der Waals surface area contributed by atoms with Gasteiger partial charge in [0, 0.05) is 31.7 Å². The molecule has 7 nitrogen and oxygen atoms in total. The molecule has 20 heavy (non-hydrogen) atoms. The zero-order valence-corrected chi connectivity index (χ0v) is 13.5. The largest absolute Gasteiger partial charge is 0.507 e. The number of phenols is 1. The molecule has 110 valence electrons. The van der Waals surface area contributed by atoms with E-state index >= 15 is 0 Å². The molecule has 3 N–H and O–H groups in total. The van der Waals surface area contributed by atoms with Crippen LogP contribution in [0.1, 0.15) is 10.4 Å². The number of halogens is 1. The van der Waals surface area contributed by atoms with E-state index in [2.05, 4.69) is 0 Å². The third-order valence-corrected chi connectivity index (χ3v) is 5.08. The number of phenolic OH excluding ortho intramolecular Hbond substituents is 1. The van der Waals surface area contributed by atoms with Gasteiger partial charge < -0.3 is 10.0 Å². The standard InChI is InChI=1S/C11H14IN3O4S/c12-9-2-1-8(7-10(9)16)11(17)14-3-5-15(6-4-14)20(13,18)19/h1-2,7,16H,3-6H2,(H2,13,18,19). The molecule has 1 aromatic rings. The van der Waals surface area contributed by atoms with Gasteiger partial charge in [0.25, 0.3) is 16.1 Å². The van der Waals surface area contributed by atoms with Crippen LogP contribution >= 0.6 is 22.6 Å². The highest BCUT2D eigenvalue weighted by atomic mass is 127. The van der Waals surface area contributed by atoms with Crippen molar-refractivity contribution in [2.24, 2.45) is 5.14 Å². The van der Waals surface area contributed by atoms with Gasteiger partial charge in [0.2, 0.25) is 0 Å². The molecule has 1 aliphatic rings. The Morgan fingerprint density at radius 3 is 2.35 bits per heavy atom. The first-order valence-corrected chi connectivity index (χ1v) is 8.43. The molecule has 1 saturated heterocycles. The van der Waals surface area contributed by atoms with Gasteiger partial charge in [-0.25, -0.2) is 5.14 Å². The van der Waals surface area contributed by atoms with E-state index < -0.39 is 10.2 Å². The molecule has 0 radical (unpaired) electrons. The van der Waals surface area contributed by atoms with Crippen LogP contribution in [0.15, 0.2) is 18.2 Å². The predicted octanol–water partition coefficient (Wildman–Crippen LogP) is -0.0419. The molecule has 0 spiro atoms. The van der Waals surface area contributed by atoms with Crippen molar-refractivity contribution in [1.29, 1.82) is 0 Å². The molecule has 1 aromatic carbocycles. The summed E-state index contributed by atoms with van der Waals surface area (Å²) in [6.45, 7) is 0.922. The fourth-order valence-corrected chi connectivity index (χ4v) is 2.98. The number of amides is 1. The van der Waals surface area contributed by atoms with E-state index in [0.29, 0.717) is 9.13 Å². The van der Waals surface area contributed by atoms with E-state index in [9.17, 15) is 18.3 Å². The molecule has 1 heterocycles. The van der Waals surface area contributed by atoms with Crippen molar-refractivity contribution in [3.05, 3.63) is 27.3 Å². The summed E-state index contributed by atoms with van der Waals surface area (Å²) in [6.07, 6.45) is 0. The van der Waals surface area contributed by atoms with Gasteiger partial charge in [0.1, 0.15) is 5.75 Å². The molecule has 9 heteroatoms. The lowest BCUT2D eigenvalue weighted by molar-refractivity contribution is 0.0697. The van der Waals surface area contributed by atoms with E-state index in [-0.39, 0.29) is 37.8 Å². The van der Waals surface area contributed by atoms with Crippen molar-refractivity contribution in [2.75, 3.05) is 26.2 Å². The van der Waals surface area contributed by atoms with Gasteiger partial charge in [-0.1, -0.05) is 0 Å². The number of piperazine rings is 1. The number of aromatic hydroxyl groups is 1. The van der Waals surface area contributed by atoms with Crippen molar-refractivity contribution in [3.8, 4) is 5.75 Å². The monoisotopic (exact) mass is 411 g/mol. The summed E-state index contributed by atoms with van der Waals surface area (Å²) in [5.74, 6) is -0.176. The molecule has 2 rings (SSSR count). The maximum Gasteiger partial charge on any atom is 0.277 e. The van der Waals surface area contributed by atoms with Crippen molar-refractivity contribution in [2.45, 2.75) is 0 Å². The smallest absolute Gasteiger partial charge is 0.277 e. The minimum atomic E-state index is -3.70. The molecule has 0 bridgehead atoms. The number of nitrogens with zero attached hydrogens (tertiary/aromatic N) is 2. The van der Waals surface area contributed by atoms with E-state index in [0.717, 1.165) is 4.31 Å². The molecular weight excluding hydrogens is 397 g/mol. The summed E-state index contributed by atoms with van der Waals surface area (Å²) in [4.78, 5) is 13.8. The van der Waals surface area contributed by atoms with E-state index in [1.165, 1.54) is 6.07 Å². The van der Waals surface area contributed by atoms with Crippen molar-refractivity contribution < 1.29 is 18.3 Å². The van der Waals surface area contributed by atoms with E-state index in [1.54, 1.807) is 17.0 Å². The average Bonchev–Trinajstić information content (AvgIpc) is 2.40. The number of nitrogens with two attached hydrogens (primary N) is 1. The molecule has 0 unspecified atom stereocenters. The summed E-state index contributed by atoms with van der Waals surface area (Å²) in [6, 6.07) is 4.70. The summed E-state index contributed by atoms with van der Waals surface area (Å²) in [5.41, 5.74) is 0.381. The van der Waals surface area contributed by atoms with Gasteiger partial charge in [-0.2, -0.15) is 12.7 Å². The topological polar surface area (TPSA) is 104 Å². The number of hydrogen-bond acceptors (Lipinski definition) is 4. The first kappa shape index (κ1) is 15.5. The third-order valence-electron chi connectivity index (χ3n) is 3.08. The maximum absolute atomic E-state index is 12.2. The summed E-state index contributed by atoms with van der Waals surface area (Å²) in [7, 11) is -3.70. The van der Waals surface area contributed by atoms with Crippen molar-refractivity contribution >= 4 is 38.7 Å². The minimum absolute atomic E-state index is 0.0552. The summed E-state index contributed by atoms with van der Waals surface area (Å²) >= 11 is 1.97. The molecule has 0 saturated carbocycles. The van der Waals surface area contributed by atoms with Crippen molar-refractivity contribution in [1.82, 2.24) is 9.21 Å². The van der Waals surface area contributed by atoms with E-state index in [4.69, 9.17) is 5.14 Å². The van der Waals surface area contributed by atoms with Crippen LogP contribution in [0.5, 0.6) is 5.75 Å². The van der Waals surface area contributed by atoms with Crippen LogP contribution in [0, 0.1) is 3.57 Å². The first-order chi connectivity index (χ1) is 9.29. The molecule has 0 atom stereocenters. The maximum atomic E-state index is 12.2. The van der Waals surface area contributed by atoms with Gasteiger partial charge in [0.05, 0.1) is 3.57 Å². The lowest BCUT2D eigenvalue weighted by Crippen LogP contribution is -2.52. The zero-order chi connectivity index (χ0) is 14.9. The number of rotatable bonds is 2. The highest BCUT2D eigenvalue weighted by Crippen LogP contribution is 2.21. The van der Waals surface area contributed by atoms with Crippen LogP contribution < -0.4 is 5.14 Å². The van der Waals surface area contributed by atoms with Crippen LogP contribution in [0.25, 0.3) is 0 Å². The SMILES string of the molecule is NS(=O)(=O)N1CCN(C(=O)c2ccc(I)c(O)c2)CC1. The molecule has 0 aromatic heterocycles. The number of hydrogen-bond donors (Lipinski definition) is 2. The normalized spacial score (nSPS) is 17.2. The Kier molecular flexibility index (Phi) is 4.52. The Morgan fingerprint density at radius 1 is 1.25 bits per heavy atom. The van der Waals surface area contributed by atoms with Gasteiger partial charge in [-0.05, 0) is 40.8 Å². The van der Waals surface area contributed by atoms with Crippen LogP contribution in [-0.2, 0) is 10.2 Å². The summed E-state index contributed by atoms with van der Waals surface area (Å²) in [5, 5.41) is 14.7. The molecule has 1 amide bonds. The molecule has 1 fully saturated rings. The van der Waals surface area contributed by atoms with Crippen LogP contribution in [0.3, 0.4) is 0 Å². The van der Waals surface area contributed by atoms with Gasteiger partial charge in [-0.15, -0.1) is 0 Å². The lowest BCUT2D eigenvalue weighted by Gasteiger charge is -2.33. The first-order valence-electron chi connectivity index (χ1n) is 5.84. The Hall–Kier alpha value is -0.910. The van der Waals surface area contributed by atoms with Crippen LogP contribution in [0.2, 0.25) is 0 Å². The lowest BCUT2D eigenvalue weighted by atomic mass is 10.2. The zero-order valence-electron chi connectivity index (χ0n) is 10.5. The van der Waals surface area contributed by atoms with Crippen LogP contribution in [0.4, 0.5) is 0 Å². The van der Waals surface area contributed by atoms with Crippen molar-refractivity contribution in [3.63, 3.8) is 0 Å². The molecule has 0 aliphatic carbocycles. The fraction of sp³-hybridized carbons (Fsp3) is 0.364. The fourth-order valence-electron chi connectivity index (χ4n) is 1.97. The molecule has 1 aliphatic heterocycles. The van der Waals surface area contributed by atoms with Gasteiger partial charge in [-0.3, -0.25) is 4.79 Å². The van der Waals surface area contributed by atoms with E-state index in [1.807, 2.05) is 22.6 Å². The van der Waals surface area contributed by atoms with Gasteiger partial charge >= 0.3 is 0 Å². The number of benzene rings is 1. The molecular formula is C11H14IN3O4S. The third kappa shape index (κ3) is 3.40. The highest BCUT2D eigenvalue weighted by Gasteiger charge is 2.27. The van der Waals surface area contributed by atoms with Gasteiger partial charge in [0.15, 0.2) is 0 Å². The predicted molar refractivity (Wildman–Crippen MR) is 81.4 cm³/mol. The second-order valence-corrected chi connectivity index (χ2v) is 7.11. The summed E-state index contributed by atoms with van der Waals surface area (Å²) < 4.78 is 24.2. The Balaban J connectivity index is 2.07. The Morgan fingerprint density at radius 2 is 1.85 bits per heavy atom. The number of carbonyl (C=O) groups excluding carboxylic acids is 1.